The molecule has 152 valence electrons. The van der Waals surface area contributed by atoms with Crippen LogP contribution in [0.3, 0.4) is 0 Å². The van der Waals surface area contributed by atoms with Gasteiger partial charge in [0.2, 0.25) is 5.91 Å². The first kappa shape index (κ1) is 21.0. The van der Waals surface area contributed by atoms with Gasteiger partial charge in [-0.25, -0.2) is 4.39 Å². The minimum absolute atomic E-state index is 0.0345. The first-order valence-corrected chi connectivity index (χ1v) is 10.4. The van der Waals surface area contributed by atoms with Crippen LogP contribution in [0.4, 0.5) is 10.1 Å². The van der Waals surface area contributed by atoms with Gasteiger partial charge in [-0.2, -0.15) is 0 Å². The van der Waals surface area contributed by atoms with Crippen LogP contribution in [0.1, 0.15) is 20.8 Å². The van der Waals surface area contributed by atoms with Crippen LogP contribution >= 0.6 is 11.8 Å². The largest absolute Gasteiger partial charge is 0.315 e. The van der Waals surface area contributed by atoms with Gasteiger partial charge in [-0.15, -0.1) is 10.2 Å². The highest BCUT2D eigenvalue weighted by Gasteiger charge is 2.24. The number of benzene rings is 2. The number of hydrogen-bond donors (Lipinski definition) is 0. The fourth-order valence-corrected chi connectivity index (χ4v) is 3.96. The number of carbonyl (C=O) groups excluding carboxylic acids is 1. The van der Waals surface area contributed by atoms with Gasteiger partial charge in [0.25, 0.3) is 0 Å². The summed E-state index contributed by atoms with van der Waals surface area (Å²) in [7, 11) is 1.76. The second-order valence-corrected chi connectivity index (χ2v) is 8.59. The van der Waals surface area contributed by atoms with E-state index in [1.807, 2.05) is 41.8 Å². The van der Waals surface area contributed by atoms with Gasteiger partial charge >= 0.3 is 0 Å². The maximum atomic E-state index is 14.3. The van der Waals surface area contributed by atoms with E-state index in [9.17, 15) is 9.18 Å². The molecular formula is C22H25FN4OS. The Labute approximate surface area is 175 Å². The number of carbonyl (C=O) groups is 1. The number of rotatable bonds is 7. The molecule has 0 aliphatic carbocycles. The Kier molecular flexibility index (Phi) is 6.69. The zero-order valence-electron chi connectivity index (χ0n) is 17.0. The summed E-state index contributed by atoms with van der Waals surface area (Å²) in [6.07, 6.45) is 0. The van der Waals surface area contributed by atoms with Crippen molar-refractivity contribution in [3.63, 3.8) is 0 Å². The summed E-state index contributed by atoms with van der Waals surface area (Å²) in [5.74, 6) is 0.423. The lowest BCUT2D eigenvalue weighted by Crippen LogP contribution is -2.33. The van der Waals surface area contributed by atoms with Crippen molar-refractivity contribution in [1.82, 2.24) is 14.8 Å². The molecule has 7 heteroatoms. The fraction of sp³-hybridized carbons (Fsp3) is 0.318. The lowest BCUT2D eigenvalue weighted by Gasteiger charge is -2.21. The molecule has 1 aromatic heterocycles. The van der Waals surface area contributed by atoms with E-state index in [1.54, 1.807) is 30.1 Å². The summed E-state index contributed by atoms with van der Waals surface area (Å²) in [5.41, 5.74) is 1.24. The third kappa shape index (κ3) is 4.85. The quantitative estimate of drug-likeness (QED) is 0.519. The average Bonchev–Trinajstić information content (AvgIpc) is 3.09. The molecular weight excluding hydrogens is 387 g/mol. The minimum Gasteiger partial charge on any atom is -0.315 e. The number of thioether (sulfide) groups is 1. The fourth-order valence-electron chi connectivity index (χ4n) is 3.01. The summed E-state index contributed by atoms with van der Waals surface area (Å²) >= 11 is 1.34. The topological polar surface area (TPSA) is 51.0 Å². The molecule has 0 spiro atoms. The number of halogens is 1. The highest BCUT2D eigenvalue weighted by molar-refractivity contribution is 8.00. The number of amides is 1. The molecule has 0 saturated heterocycles. The number of nitrogens with zero attached hydrogens (tertiary/aromatic N) is 4. The van der Waals surface area contributed by atoms with Crippen LogP contribution in [0.2, 0.25) is 0 Å². The van der Waals surface area contributed by atoms with E-state index in [1.165, 1.54) is 17.8 Å². The maximum absolute atomic E-state index is 14.3. The molecule has 0 aliphatic heterocycles. The Morgan fingerprint density at radius 1 is 1.07 bits per heavy atom. The van der Waals surface area contributed by atoms with Crippen LogP contribution in [0.15, 0.2) is 59.8 Å². The van der Waals surface area contributed by atoms with E-state index in [2.05, 4.69) is 24.0 Å². The Balaban J connectivity index is 1.87. The molecule has 0 unspecified atom stereocenters. The van der Waals surface area contributed by atoms with Gasteiger partial charge in [0.05, 0.1) is 10.8 Å². The number of aromatic nitrogens is 3. The Morgan fingerprint density at radius 2 is 1.72 bits per heavy atom. The van der Waals surface area contributed by atoms with Gasteiger partial charge in [0, 0.05) is 19.3 Å². The van der Waals surface area contributed by atoms with Gasteiger partial charge in [-0.1, -0.05) is 55.9 Å². The van der Waals surface area contributed by atoms with E-state index in [-0.39, 0.29) is 17.0 Å². The summed E-state index contributed by atoms with van der Waals surface area (Å²) in [4.78, 5) is 14.5. The molecule has 0 N–H and O–H groups in total. The molecule has 3 aromatic rings. The Morgan fingerprint density at radius 3 is 2.38 bits per heavy atom. The lowest BCUT2D eigenvalue weighted by molar-refractivity contribution is -0.117. The van der Waals surface area contributed by atoms with Crippen LogP contribution in [0, 0.1) is 11.7 Å². The Bertz CT molecular complexity index is 974. The summed E-state index contributed by atoms with van der Waals surface area (Å²) in [6.45, 7) is 6.65. The van der Waals surface area contributed by atoms with Gasteiger partial charge in [-0.3, -0.25) is 4.79 Å². The van der Waals surface area contributed by atoms with Crippen molar-refractivity contribution in [2.75, 3.05) is 11.9 Å². The van der Waals surface area contributed by atoms with Crippen LogP contribution in [0.25, 0.3) is 11.4 Å². The molecule has 0 saturated carbocycles. The monoisotopic (exact) mass is 412 g/mol. The van der Waals surface area contributed by atoms with Crippen LogP contribution in [0.5, 0.6) is 0 Å². The van der Waals surface area contributed by atoms with Crippen LogP contribution in [-0.2, 0) is 11.3 Å². The summed E-state index contributed by atoms with van der Waals surface area (Å²) in [6, 6.07) is 16.0. The molecule has 1 atom stereocenters. The van der Waals surface area contributed by atoms with Gasteiger partial charge in [-0.05, 0) is 37.1 Å². The molecule has 0 aliphatic rings. The van der Waals surface area contributed by atoms with E-state index in [0.29, 0.717) is 29.0 Å². The van der Waals surface area contributed by atoms with E-state index in [0.717, 1.165) is 5.69 Å². The Hall–Kier alpha value is -2.67. The van der Waals surface area contributed by atoms with Gasteiger partial charge in [0.15, 0.2) is 11.0 Å². The molecule has 1 heterocycles. The zero-order valence-corrected chi connectivity index (χ0v) is 17.9. The highest BCUT2D eigenvalue weighted by Crippen LogP contribution is 2.30. The predicted molar refractivity (Wildman–Crippen MR) is 115 cm³/mol. The third-order valence-electron chi connectivity index (χ3n) is 4.48. The van der Waals surface area contributed by atoms with Crippen molar-refractivity contribution < 1.29 is 9.18 Å². The van der Waals surface area contributed by atoms with E-state index < -0.39 is 0 Å². The van der Waals surface area contributed by atoms with Crippen molar-refractivity contribution in [3.8, 4) is 11.4 Å². The normalized spacial score (nSPS) is 12.2. The summed E-state index contributed by atoms with van der Waals surface area (Å²) in [5, 5.41) is 8.76. The zero-order chi connectivity index (χ0) is 21.0. The van der Waals surface area contributed by atoms with Crippen molar-refractivity contribution in [2.24, 2.45) is 5.92 Å². The predicted octanol–water partition coefficient (Wildman–Crippen LogP) is 4.88. The highest BCUT2D eigenvalue weighted by atomic mass is 32.2. The van der Waals surface area contributed by atoms with Gasteiger partial charge < -0.3 is 9.47 Å². The van der Waals surface area contributed by atoms with Crippen molar-refractivity contribution in [1.29, 1.82) is 0 Å². The number of hydrogen-bond acceptors (Lipinski definition) is 4. The molecule has 0 radical (unpaired) electrons. The van der Waals surface area contributed by atoms with Crippen molar-refractivity contribution in [2.45, 2.75) is 37.7 Å². The minimum atomic E-state index is -0.371. The first-order chi connectivity index (χ1) is 13.9. The average molecular weight is 413 g/mol. The third-order valence-corrected chi connectivity index (χ3v) is 5.55. The number of para-hydroxylation sites is 1. The van der Waals surface area contributed by atoms with Crippen molar-refractivity contribution >= 4 is 23.4 Å². The molecule has 2 aromatic carbocycles. The molecule has 0 bridgehead atoms. The molecule has 1 amide bonds. The smallest absolute Gasteiger partial charge is 0.240 e. The second-order valence-electron chi connectivity index (χ2n) is 7.28. The van der Waals surface area contributed by atoms with Crippen LogP contribution in [-0.4, -0.2) is 33.0 Å². The molecule has 29 heavy (non-hydrogen) atoms. The molecule has 0 fully saturated rings. The standard InChI is InChI=1S/C22H25FN4OS/c1-15(2)14-27-20(18-12-8-9-13-19(18)23)24-25-22(27)29-16(3)21(28)26(4)17-10-6-5-7-11-17/h5-13,15-16H,14H2,1-4H3/t16-/m1/s1. The molecule has 5 nitrogen and oxygen atoms in total. The lowest BCUT2D eigenvalue weighted by atomic mass is 10.2. The second kappa shape index (κ2) is 9.22. The first-order valence-electron chi connectivity index (χ1n) is 9.56. The molecule has 3 rings (SSSR count). The summed E-state index contributed by atoms with van der Waals surface area (Å²) < 4.78 is 16.2. The maximum Gasteiger partial charge on any atom is 0.240 e. The van der Waals surface area contributed by atoms with Gasteiger partial charge in [0.1, 0.15) is 5.82 Å². The van der Waals surface area contributed by atoms with E-state index >= 15 is 0 Å². The number of anilines is 1. The van der Waals surface area contributed by atoms with Crippen LogP contribution < -0.4 is 4.90 Å². The van der Waals surface area contributed by atoms with Crippen molar-refractivity contribution in [3.05, 3.63) is 60.4 Å². The SMILES string of the molecule is CC(C)Cn1c(S[C@H](C)C(=O)N(C)c2ccccc2)nnc1-c1ccccc1F. The van der Waals surface area contributed by atoms with E-state index in [4.69, 9.17) is 0 Å².